The summed E-state index contributed by atoms with van der Waals surface area (Å²) in [5, 5.41) is 9.75. The quantitative estimate of drug-likeness (QED) is 0.640. The fraction of sp³-hybridized carbons (Fsp3) is 0.640. The topological polar surface area (TPSA) is 87.2 Å². The highest BCUT2D eigenvalue weighted by atomic mass is 32.2. The van der Waals surface area contributed by atoms with Gasteiger partial charge in [-0.25, -0.2) is 8.42 Å². The maximum absolute atomic E-state index is 13.5. The molecule has 4 rings (SSSR count). The fourth-order valence-electron chi connectivity index (χ4n) is 4.03. The van der Waals surface area contributed by atoms with Crippen molar-refractivity contribution in [1.82, 2.24) is 9.21 Å². The van der Waals surface area contributed by atoms with E-state index in [1.807, 2.05) is 6.92 Å². The summed E-state index contributed by atoms with van der Waals surface area (Å²) in [4.78, 5) is 14.4. The fourth-order valence-corrected chi connectivity index (χ4v) is 5.86. The van der Waals surface area contributed by atoms with Gasteiger partial charge in [0.15, 0.2) is 0 Å². The molecule has 2 aliphatic carbocycles. The lowest BCUT2D eigenvalue weighted by atomic mass is 10.0. The maximum Gasteiger partial charge on any atom is 0.247 e. The third kappa shape index (κ3) is 5.71. The molecule has 2 saturated carbocycles. The first-order valence-corrected chi connectivity index (χ1v) is 13.3. The van der Waals surface area contributed by atoms with Crippen LogP contribution in [-0.2, 0) is 14.8 Å². The summed E-state index contributed by atoms with van der Waals surface area (Å²) in [6.45, 7) is 3.91. The lowest BCUT2D eigenvalue weighted by molar-refractivity contribution is -0.131. The molecule has 0 aromatic heterocycles. The highest BCUT2D eigenvalue weighted by Crippen LogP contribution is 2.35. The predicted molar refractivity (Wildman–Crippen MR) is 125 cm³/mol. The second-order valence-electron chi connectivity index (χ2n) is 9.87. The second-order valence-corrected chi connectivity index (χ2v) is 11.7. The van der Waals surface area contributed by atoms with Gasteiger partial charge in [0.1, 0.15) is 16.7 Å². The van der Waals surface area contributed by atoms with Gasteiger partial charge in [0.2, 0.25) is 15.9 Å². The molecular weight excluding hydrogens is 440 g/mol. The largest absolute Gasteiger partial charge is 0.487 e. The Labute approximate surface area is 197 Å². The van der Waals surface area contributed by atoms with Gasteiger partial charge in [-0.15, -0.1) is 0 Å². The number of amides is 1. The van der Waals surface area contributed by atoms with Crippen molar-refractivity contribution >= 4 is 15.9 Å². The van der Waals surface area contributed by atoms with Gasteiger partial charge in [-0.1, -0.05) is 18.8 Å². The summed E-state index contributed by atoms with van der Waals surface area (Å²) in [6.07, 6.45) is 4.60. The number of hydrogen-bond acceptors (Lipinski definition) is 5. The van der Waals surface area contributed by atoms with Crippen LogP contribution in [0.15, 0.2) is 23.1 Å². The van der Waals surface area contributed by atoms with E-state index < -0.39 is 22.2 Å². The van der Waals surface area contributed by atoms with E-state index in [-0.39, 0.29) is 35.6 Å². The van der Waals surface area contributed by atoms with Gasteiger partial charge < -0.3 is 14.7 Å². The second kappa shape index (κ2) is 9.65. The van der Waals surface area contributed by atoms with Gasteiger partial charge in [-0.3, -0.25) is 4.79 Å². The first kappa shape index (κ1) is 24.1. The van der Waals surface area contributed by atoms with Crippen molar-refractivity contribution in [3.05, 3.63) is 23.8 Å². The molecule has 1 heterocycles. The number of hydrogen-bond donors (Lipinski definition) is 1. The highest BCUT2D eigenvalue weighted by molar-refractivity contribution is 7.89. The van der Waals surface area contributed by atoms with E-state index in [2.05, 4.69) is 11.8 Å². The number of nitrogens with zero attached hydrogens (tertiary/aromatic N) is 2. The normalized spacial score (nSPS) is 25.5. The predicted octanol–water partition coefficient (Wildman–Crippen LogP) is 2.48. The summed E-state index contributed by atoms with van der Waals surface area (Å²) in [6, 6.07) is 4.38. The molecule has 1 N–H and O–H groups in total. The van der Waals surface area contributed by atoms with Gasteiger partial charge in [-0.2, -0.15) is 4.31 Å². The number of carbonyl (C=O) groups is 1. The molecule has 3 aliphatic rings. The highest BCUT2D eigenvalue weighted by Gasteiger charge is 2.38. The van der Waals surface area contributed by atoms with Crippen molar-refractivity contribution in [2.45, 2.75) is 63.0 Å². The molecule has 0 spiro atoms. The molecule has 33 heavy (non-hydrogen) atoms. The standard InChI is InChI=1S/C25H34N2O5S/c1-17-14-27(18(2)16-28)33(30,31)24-11-10-20(7-6-19-4-5-19)12-22(24)32-23(17)15-26(3)25(29)13-21-8-9-21/h10-12,17-19,21,23,28H,4-5,8-9,13-16H2,1-3H3/t17-,18-,23-/m0/s1. The Balaban J connectivity index is 1.67. The Kier molecular flexibility index (Phi) is 7.04. The summed E-state index contributed by atoms with van der Waals surface area (Å²) in [7, 11) is -2.10. The van der Waals surface area contributed by atoms with Crippen LogP contribution in [0.3, 0.4) is 0 Å². The molecule has 0 saturated heterocycles. The number of carbonyl (C=O) groups excluding carboxylic acids is 1. The average molecular weight is 475 g/mol. The lowest BCUT2D eigenvalue weighted by Gasteiger charge is -2.37. The molecule has 1 aromatic carbocycles. The van der Waals surface area contributed by atoms with E-state index in [4.69, 9.17) is 4.74 Å². The number of likely N-dealkylation sites (N-methyl/N-ethyl adjacent to an activating group) is 1. The Hall–Kier alpha value is -2.08. The zero-order chi connectivity index (χ0) is 23.8. The van der Waals surface area contributed by atoms with Crippen LogP contribution in [-0.4, -0.2) is 67.5 Å². The summed E-state index contributed by atoms with van der Waals surface area (Å²) in [5.41, 5.74) is 0.711. The number of benzene rings is 1. The molecule has 180 valence electrons. The van der Waals surface area contributed by atoms with Crippen LogP contribution in [0, 0.1) is 29.6 Å². The van der Waals surface area contributed by atoms with E-state index in [0.29, 0.717) is 30.4 Å². The number of ether oxygens (including phenoxy) is 1. The molecule has 1 aliphatic heterocycles. The van der Waals surface area contributed by atoms with Crippen LogP contribution in [0.5, 0.6) is 5.75 Å². The van der Waals surface area contributed by atoms with Crippen molar-refractivity contribution in [1.29, 1.82) is 0 Å². The van der Waals surface area contributed by atoms with Crippen LogP contribution in [0.1, 0.15) is 51.5 Å². The number of rotatable bonds is 6. The van der Waals surface area contributed by atoms with Crippen molar-refractivity contribution < 1.29 is 23.1 Å². The first-order valence-electron chi connectivity index (χ1n) is 11.9. The van der Waals surface area contributed by atoms with E-state index in [9.17, 15) is 18.3 Å². The van der Waals surface area contributed by atoms with Gasteiger partial charge in [-0.05, 0) is 56.7 Å². The molecule has 8 heteroatoms. The molecular formula is C25H34N2O5S. The van der Waals surface area contributed by atoms with E-state index in [0.717, 1.165) is 25.7 Å². The molecule has 2 fully saturated rings. The average Bonchev–Trinajstić information content (AvgIpc) is 3.70. The summed E-state index contributed by atoms with van der Waals surface area (Å²) < 4.78 is 34.7. The number of aliphatic hydroxyl groups excluding tert-OH is 1. The third-order valence-corrected chi connectivity index (χ3v) is 8.72. The minimum Gasteiger partial charge on any atom is -0.487 e. The van der Waals surface area contributed by atoms with E-state index in [1.165, 1.54) is 4.31 Å². The maximum atomic E-state index is 13.5. The van der Waals surface area contributed by atoms with Crippen molar-refractivity contribution in [2.75, 3.05) is 26.7 Å². The van der Waals surface area contributed by atoms with Crippen LogP contribution >= 0.6 is 0 Å². The third-order valence-electron chi connectivity index (χ3n) is 6.70. The van der Waals surface area contributed by atoms with Crippen LogP contribution in [0.2, 0.25) is 0 Å². The first-order chi connectivity index (χ1) is 15.7. The molecule has 1 amide bonds. The Bertz CT molecular complexity index is 1050. The monoisotopic (exact) mass is 474 g/mol. The number of aliphatic hydroxyl groups is 1. The molecule has 7 nitrogen and oxygen atoms in total. The summed E-state index contributed by atoms with van der Waals surface area (Å²) in [5.74, 6) is 7.42. The molecule has 1 aromatic rings. The van der Waals surface area contributed by atoms with Gasteiger partial charge in [0.25, 0.3) is 0 Å². The van der Waals surface area contributed by atoms with E-state index in [1.54, 1.807) is 37.1 Å². The van der Waals surface area contributed by atoms with Crippen LogP contribution in [0.25, 0.3) is 0 Å². The molecule has 0 radical (unpaired) electrons. The number of fused-ring (bicyclic) bond motifs is 1. The smallest absolute Gasteiger partial charge is 0.247 e. The Morgan fingerprint density at radius 2 is 2.03 bits per heavy atom. The zero-order valence-corrected chi connectivity index (χ0v) is 20.5. The Morgan fingerprint density at radius 1 is 1.30 bits per heavy atom. The van der Waals surface area contributed by atoms with Gasteiger partial charge >= 0.3 is 0 Å². The van der Waals surface area contributed by atoms with Gasteiger partial charge in [0, 0.05) is 43.5 Å². The van der Waals surface area contributed by atoms with Crippen LogP contribution < -0.4 is 4.74 Å². The van der Waals surface area contributed by atoms with Crippen molar-refractivity contribution in [3.8, 4) is 17.6 Å². The lowest BCUT2D eigenvalue weighted by Crippen LogP contribution is -2.50. The molecule has 3 atom stereocenters. The Morgan fingerprint density at radius 3 is 2.67 bits per heavy atom. The minimum atomic E-state index is -3.88. The summed E-state index contributed by atoms with van der Waals surface area (Å²) >= 11 is 0. The molecule has 0 unspecified atom stereocenters. The number of sulfonamides is 1. The molecule has 0 bridgehead atoms. The van der Waals surface area contributed by atoms with E-state index >= 15 is 0 Å². The van der Waals surface area contributed by atoms with Crippen molar-refractivity contribution in [3.63, 3.8) is 0 Å². The van der Waals surface area contributed by atoms with Crippen molar-refractivity contribution in [2.24, 2.45) is 17.8 Å². The minimum absolute atomic E-state index is 0.0728. The van der Waals surface area contributed by atoms with Crippen LogP contribution in [0.4, 0.5) is 0 Å². The zero-order valence-electron chi connectivity index (χ0n) is 19.7. The SMILES string of the molecule is C[C@H]1CN([C@@H](C)CO)S(=O)(=O)c2ccc(C#CC3CC3)cc2O[C@H]1CN(C)C(=O)CC1CC1. The van der Waals surface area contributed by atoms with Gasteiger partial charge in [0.05, 0.1) is 13.2 Å².